The van der Waals surface area contributed by atoms with Gasteiger partial charge in [-0.15, -0.1) is 11.6 Å². The average Bonchev–Trinajstić information content (AvgIpc) is 2.16. The summed E-state index contributed by atoms with van der Waals surface area (Å²) in [6.07, 6.45) is 1.57. The van der Waals surface area contributed by atoms with Gasteiger partial charge in [0.05, 0.1) is 24.7 Å². The van der Waals surface area contributed by atoms with E-state index in [2.05, 4.69) is 0 Å². The minimum Gasteiger partial charge on any atom is -0.389 e. The molecule has 3 nitrogen and oxygen atoms in total. The van der Waals surface area contributed by atoms with Crippen LogP contribution in [0.25, 0.3) is 0 Å². The van der Waals surface area contributed by atoms with E-state index in [0.717, 1.165) is 26.1 Å². The van der Waals surface area contributed by atoms with Crippen LogP contribution in [0.15, 0.2) is 0 Å². The van der Waals surface area contributed by atoms with Crippen molar-refractivity contribution in [1.29, 1.82) is 0 Å². The Balaban J connectivity index is 2.05. The van der Waals surface area contributed by atoms with Gasteiger partial charge in [0.25, 0.3) is 0 Å². The number of aliphatic hydroxyl groups excluding tert-OH is 1. The molecule has 1 aliphatic heterocycles. The zero-order chi connectivity index (χ0) is 8.81. The molecule has 12 heavy (non-hydrogen) atoms. The third-order valence-electron chi connectivity index (χ3n) is 1.87. The first-order valence-corrected chi connectivity index (χ1v) is 4.79. The number of halogens is 1. The molecule has 0 aromatic heterocycles. The Morgan fingerprint density at radius 1 is 1.50 bits per heavy atom. The molecule has 0 radical (unpaired) electrons. The number of aliphatic hydroxyl groups is 1. The molecule has 0 saturated carbocycles. The lowest BCUT2D eigenvalue weighted by Gasteiger charge is -2.23. The molecule has 1 saturated heterocycles. The van der Waals surface area contributed by atoms with Crippen molar-refractivity contribution in [2.75, 3.05) is 25.7 Å². The van der Waals surface area contributed by atoms with Crippen LogP contribution in [0.1, 0.15) is 12.8 Å². The van der Waals surface area contributed by atoms with E-state index in [4.69, 9.17) is 26.2 Å². The number of ether oxygens (including phenoxy) is 2. The van der Waals surface area contributed by atoms with E-state index in [-0.39, 0.29) is 12.0 Å². The fourth-order valence-corrected chi connectivity index (χ4v) is 1.22. The summed E-state index contributed by atoms with van der Waals surface area (Å²) < 4.78 is 10.6. The highest BCUT2D eigenvalue weighted by atomic mass is 35.5. The monoisotopic (exact) mass is 194 g/mol. The Hall–Kier alpha value is 0.170. The second-order valence-corrected chi connectivity index (χ2v) is 3.26. The van der Waals surface area contributed by atoms with Crippen molar-refractivity contribution in [2.24, 2.45) is 0 Å². The Bertz CT molecular complexity index is 115. The summed E-state index contributed by atoms with van der Waals surface area (Å²) in [7, 11) is 0. The molecule has 1 N–H and O–H groups in total. The summed E-state index contributed by atoms with van der Waals surface area (Å²) in [6.45, 7) is 1.87. The Kier molecular flexibility index (Phi) is 4.92. The maximum absolute atomic E-state index is 9.10. The number of hydrogen-bond acceptors (Lipinski definition) is 3. The van der Waals surface area contributed by atoms with Gasteiger partial charge >= 0.3 is 0 Å². The highest BCUT2D eigenvalue weighted by Crippen LogP contribution is 2.10. The Morgan fingerprint density at radius 2 is 2.17 bits per heavy atom. The number of rotatable bonds is 4. The van der Waals surface area contributed by atoms with E-state index in [9.17, 15) is 0 Å². The van der Waals surface area contributed by atoms with Crippen LogP contribution in [0.4, 0.5) is 0 Å². The SMILES string of the molecule is OC(CCl)COC1CCOCC1. The first kappa shape index (κ1) is 10.3. The van der Waals surface area contributed by atoms with Gasteiger partial charge < -0.3 is 14.6 Å². The van der Waals surface area contributed by atoms with Crippen molar-refractivity contribution in [3.63, 3.8) is 0 Å². The van der Waals surface area contributed by atoms with E-state index >= 15 is 0 Å². The molecule has 72 valence electrons. The van der Waals surface area contributed by atoms with Crippen LogP contribution in [-0.2, 0) is 9.47 Å². The summed E-state index contributed by atoms with van der Waals surface area (Å²) in [6, 6.07) is 0. The maximum Gasteiger partial charge on any atom is 0.0908 e. The van der Waals surface area contributed by atoms with Gasteiger partial charge in [-0.05, 0) is 12.8 Å². The van der Waals surface area contributed by atoms with Crippen molar-refractivity contribution in [2.45, 2.75) is 25.0 Å². The van der Waals surface area contributed by atoms with Gasteiger partial charge in [-0.1, -0.05) is 0 Å². The summed E-state index contributed by atoms with van der Waals surface area (Å²) in [4.78, 5) is 0. The Labute approximate surface area is 77.6 Å². The standard InChI is InChI=1S/C8H15ClO3/c9-5-7(10)6-12-8-1-3-11-4-2-8/h7-8,10H,1-6H2. The van der Waals surface area contributed by atoms with E-state index in [1.807, 2.05) is 0 Å². The summed E-state index contributed by atoms with van der Waals surface area (Å²) in [5.41, 5.74) is 0. The topological polar surface area (TPSA) is 38.7 Å². The quantitative estimate of drug-likeness (QED) is 0.673. The highest BCUT2D eigenvalue weighted by Gasteiger charge is 2.15. The molecule has 1 atom stereocenters. The van der Waals surface area contributed by atoms with Crippen LogP contribution in [0, 0.1) is 0 Å². The zero-order valence-corrected chi connectivity index (χ0v) is 7.79. The molecule has 0 aliphatic carbocycles. The number of hydrogen-bond donors (Lipinski definition) is 1. The van der Waals surface area contributed by atoms with Crippen LogP contribution in [0.3, 0.4) is 0 Å². The second kappa shape index (κ2) is 5.75. The van der Waals surface area contributed by atoms with Gasteiger partial charge in [-0.2, -0.15) is 0 Å². The van der Waals surface area contributed by atoms with Crippen molar-refractivity contribution in [1.82, 2.24) is 0 Å². The molecule has 1 rings (SSSR count). The van der Waals surface area contributed by atoms with Crippen molar-refractivity contribution in [3.8, 4) is 0 Å². The van der Waals surface area contributed by atoms with E-state index in [0.29, 0.717) is 6.61 Å². The van der Waals surface area contributed by atoms with Gasteiger partial charge in [0.2, 0.25) is 0 Å². The predicted octanol–water partition coefficient (Wildman–Crippen LogP) is 0.782. The fourth-order valence-electron chi connectivity index (χ4n) is 1.13. The summed E-state index contributed by atoms with van der Waals surface area (Å²) >= 11 is 5.41. The maximum atomic E-state index is 9.10. The minimum atomic E-state index is -0.533. The zero-order valence-electron chi connectivity index (χ0n) is 7.04. The fraction of sp³-hybridized carbons (Fsp3) is 1.00. The first-order chi connectivity index (χ1) is 5.83. The molecular weight excluding hydrogens is 180 g/mol. The molecule has 1 unspecified atom stereocenters. The molecule has 1 aliphatic rings. The van der Waals surface area contributed by atoms with Crippen LogP contribution in [0.2, 0.25) is 0 Å². The molecule has 1 heterocycles. The molecular formula is C8H15ClO3. The van der Waals surface area contributed by atoms with E-state index in [1.165, 1.54) is 0 Å². The lowest BCUT2D eigenvalue weighted by atomic mass is 10.1. The van der Waals surface area contributed by atoms with E-state index in [1.54, 1.807) is 0 Å². The third kappa shape index (κ3) is 3.72. The van der Waals surface area contributed by atoms with Gasteiger partial charge in [-0.25, -0.2) is 0 Å². The molecule has 0 aromatic carbocycles. The molecule has 1 fully saturated rings. The normalized spacial score (nSPS) is 22.5. The van der Waals surface area contributed by atoms with Crippen LogP contribution >= 0.6 is 11.6 Å². The van der Waals surface area contributed by atoms with Gasteiger partial charge in [-0.3, -0.25) is 0 Å². The molecule has 0 bridgehead atoms. The predicted molar refractivity (Wildman–Crippen MR) is 46.5 cm³/mol. The molecule has 0 aromatic rings. The smallest absolute Gasteiger partial charge is 0.0908 e. The Morgan fingerprint density at radius 3 is 2.75 bits per heavy atom. The van der Waals surface area contributed by atoms with Crippen LogP contribution < -0.4 is 0 Å². The summed E-state index contributed by atoms with van der Waals surface area (Å²) in [5.74, 6) is 0.239. The van der Waals surface area contributed by atoms with Crippen molar-refractivity contribution < 1.29 is 14.6 Å². The average molecular weight is 195 g/mol. The molecule has 0 amide bonds. The number of alkyl halides is 1. The molecule has 0 spiro atoms. The lowest BCUT2D eigenvalue weighted by molar-refractivity contribution is -0.0551. The molecule has 4 heteroatoms. The third-order valence-corrected chi connectivity index (χ3v) is 2.23. The van der Waals surface area contributed by atoms with Gasteiger partial charge in [0.15, 0.2) is 0 Å². The van der Waals surface area contributed by atoms with Gasteiger partial charge in [0.1, 0.15) is 0 Å². The lowest BCUT2D eigenvalue weighted by Crippen LogP contribution is -2.27. The first-order valence-electron chi connectivity index (χ1n) is 4.26. The van der Waals surface area contributed by atoms with E-state index < -0.39 is 6.10 Å². The summed E-state index contributed by atoms with van der Waals surface area (Å²) in [5, 5.41) is 9.10. The van der Waals surface area contributed by atoms with Crippen molar-refractivity contribution in [3.05, 3.63) is 0 Å². The minimum absolute atomic E-state index is 0.239. The second-order valence-electron chi connectivity index (χ2n) is 2.95. The largest absolute Gasteiger partial charge is 0.389 e. The van der Waals surface area contributed by atoms with Crippen LogP contribution in [-0.4, -0.2) is 43.0 Å². The van der Waals surface area contributed by atoms with Crippen molar-refractivity contribution >= 4 is 11.6 Å². The van der Waals surface area contributed by atoms with Crippen LogP contribution in [0.5, 0.6) is 0 Å². The van der Waals surface area contributed by atoms with Gasteiger partial charge in [0, 0.05) is 13.2 Å². The highest BCUT2D eigenvalue weighted by molar-refractivity contribution is 6.18.